The molecule has 2 aliphatic heterocycles. The van der Waals surface area contributed by atoms with Crippen molar-refractivity contribution in [3.63, 3.8) is 0 Å². The molecule has 2 unspecified atom stereocenters. The fraction of sp³-hybridized carbons (Fsp3) is 0.625. The third-order valence-electron chi connectivity index (χ3n) is 4.65. The fourth-order valence-corrected chi connectivity index (χ4v) is 3.54. The van der Waals surface area contributed by atoms with Gasteiger partial charge in [0.25, 0.3) is 0 Å². The largest absolute Gasteiger partial charge is 0.494 e. The van der Waals surface area contributed by atoms with E-state index in [1.807, 2.05) is 12.1 Å². The lowest BCUT2D eigenvalue weighted by molar-refractivity contribution is 0.115. The minimum Gasteiger partial charge on any atom is -0.494 e. The van der Waals surface area contributed by atoms with Gasteiger partial charge in [-0.1, -0.05) is 6.42 Å². The van der Waals surface area contributed by atoms with Gasteiger partial charge in [-0.2, -0.15) is 0 Å². The topological polar surface area (TPSA) is 15.7 Å². The summed E-state index contributed by atoms with van der Waals surface area (Å²) in [5.74, 6) is 0.0426. The standard InChI is InChI=1S/C16H23FN2O/c1-12-10-18-8-4-3-5-14(18)11-19(12)13-6-7-15(17)16(9-13)20-2/h6-7,9,12,14H,3-5,8,10-11H2,1-2H3. The number of ether oxygens (including phenoxy) is 1. The first-order valence-corrected chi connectivity index (χ1v) is 7.53. The number of fused-ring (bicyclic) bond motifs is 1. The number of piperazine rings is 1. The van der Waals surface area contributed by atoms with Gasteiger partial charge in [0.05, 0.1) is 7.11 Å². The zero-order chi connectivity index (χ0) is 14.1. The van der Waals surface area contributed by atoms with Crippen LogP contribution in [0.3, 0.4) is 0 Å². The number of hydrogen-bond donors (Lipinski definition) is 0. The molecule has 4 heteroatoms. The van der Waals surface area contributed by atoms with Crippen LogP contribution in [0.25, 0.3) is 0 Å². The summed E-state index contributed by atoms with van der Waals surface area (Å²) in [5.41, 5.74) is 1.07. The number of methoxy groups -OCH3 is 1. The molecule has 2 saturated heterocycles. The lowest BCUT2D eigenvalue weighted by Gasteiger charge is -2.48. The Morgan fingerprint density at radius 2 is 2.10 bits per heavy atom. The van der Waals surface area contributed by atoms with Crippen LogP contribution in [0.2, 0.25) is 0 Å². The van der Waals surface area contributed by atoms with Crippen LogP contribution in [0.1, 0.15) is 26.2 Å². The van der Waals surface area contributed by atoms with E-state index in [2.05, 4.69) is 16.7 Å². The van der Waals surface area contributed by atoms with Gasteiger partial charge in [0.1, 0.15) is 0 Å². The Labute approximate surface area is 120 Å². The second-order valence-corrected chi connectivity index (χ2v) is 5.96. The molecule has 2 atom stereocenters. The van der Waals surface area contributed by atoms with E-state index in [0.717, 1.165) is 18.8 Å². The Morgan fingerprint density at radius 3 is 2.90 bits per heavy atom. The van der Waals surface area contributed by atoms with Gasteiger partial charge in [0.2, 0.25) is 0 Å². The summed E-state index contributed by atoms with van der Waals surface area (Å²) in [4.78, 5) is 5.01. The highest BCUT2D eigenvalue weighted by Gasteiger charge is 2.33. The molecule has 110 valence electrons. The fourth-order valence-electron chi connectivity index (χ4n) is 3.54. The van der Waals surface area contributed by atoms with Gasteiger partial charge in [0.15, 0.2) is 11.6 Å². The maximum Gasteiger partial charge on any atom is 0.165 e. The van der Waals surface area contributed by atoms with E-state index >= 15 is 0 Å². The van der Waals surface area contributed by atoms with Crippen molar-refractivity contribution in [2.24, 2.45) is 0 Å². The number of benzene rings is 1. The summed E-state index contributed by atoms with van der Waals surface area (Å²) in [6, 6.07) is 6.31. The highest BCUT2D eigenvalue weighted by atomic mass is 19.1. The molecule has 0 N–H and O–H groups in total. The van der Waals surface area contributed by atoms with Crippen LogP contribution in [0, 0.1) is 5.82 Å². The lowest BCUT2D eigenvalue weighted by Crippen LogP contribution is -2.58. The Morgan fingerprint density at radius 1 is 1.25 bits per heavy atom. The van der Waals surface area contributed by atoms with Crippen molar-refractivity contribution in [3.05, 3.63) is 24.0 Å². The number of rotatable bonds is 2. The second-order valence-electron chi connectivity index (χ2n) is 5.96. The summed E-state index contributed by atoms with van der Waals surface area (Å²) in [7, 11) is 1.52. The van der Waals surface area contributed by atoms with Crippen LogP contribution < -0.4 is 9.64 Å². The van der Waals surface area contributed by atoms with E-state index in [0.29, 0.717) is 17.8 Å². The number of anilines is 1. The Bertz CT molecular complexity index is 480. The third kappa shape index (κ3) is 2.49. The quantitative estimate of drug-likeness (QED) is 0.827. The number of piperidine rings is 1. The first-order valence-electron chi connectivity index (χ1n) is 7.53. The van der Waals surface area contributed by atoms with Crippen LogP contribution in [-0.2, 0) is 0 Å². The molecule has 0 aliphatic carbocycles. The van der Waals surface area contributed by atoms with Crippen molar-refractivity contribution in [3.8, 4) is 5.75 Å². The molecule has 1 aromatic rings. The van der Waals surface area contributed by atoms with Gasteiger partial charge in [-0.3, -0.25) is 4.90 Å². The van der Waals surface area contributed by atoms with Crippen molar-refractivity contribution in [1.82, 2.24) is 4.90 Å². The molecule has 20 heavy (non-hydrogen) atoms. The molecule has 0 aromatic heterocycles. The molecule has 2 aliphatic rings. The van der Waals surface area contributed by atoms with E-state index in [1.54, 1.807) is 0 Å². The van der Waals surface area contributed by atoms with E-state index in [1.165, 1.54) is 39.0 Å². The van der Waals surface area contributed by atoms with Gasteiger partial charge in [-0.15, -0.1) is 0 Å². The molecule has 3 nitrogen and oxygen atoms in total. The lowest BCUT2D eigenvalue weighted by atomic mass is 9.96. The van der Waals surface area contributed by atoms with Crippen molar-refractivity contribution in [1.29, 1.82) is 0 Å². The summed E-state index contributed by atoms with van der Waals surface area (Å²) >= 11 is 0. The zero-order valence-corrected chi connectivity index (χ0v) is 12.3. The van der Waals surface area contributed by atoms with Crippen molar-refractivity contribution in [2.75, 3.05) is 31.6 Å². The van der Waals surface area contributed by atoms with Crippen molar-refractivity contribution >= 4 is 5.69 Å². The molecule has 1 aromatic carbocycles. The summed E-state index contributed by atoms with van der Waals surface area (Å²) < 4.78 is 18.7. The zero-order valence-electron chi connectivity index (χ0n) is 12.3. The normalized spacial score (nSPS) is 27.2. The van der Waals surface area contributed by atoms with E-state index in [9.17, 15) is 4.39 Å². The molecule has 0 amide bonds. The van der Waals surface area contributed by atoms with Crippen LogP contribution in [0.5, 0.6) is 5.75 Å². The molecule has 0 spiro atoms. The summed E-state index contributed by atoms with van der Waals surface area (Å²) in [6.07, 6.45) is 3.94. The Hall–Kier alpha value is -1.29. The summed E-state index contributed by atoms with van der Waals surface area (Å²) in [6.45, 7) is 5.62. The smallest absolute Gasteiger partial charge is 0.165 e. The number of halogens is 1. The van der Waals surface area contributed by atoms with Crippen LogP contribution in [-0.4, -0.2) is 43.7 Å². The highest BCUT2D eigenvalue weighted by molar-refractivity contribution is 5.52. The maximum atomic E-state index is 13.6. The second kappa shape index (κ2) is 5.60. The molecule has 0 radical (unpaired) electrons. The van der Waals surface area contributed by atoms with Crippen molar-refractivity contribution in [2.45, 2.75) is 38.3 Å². The molecule has 0 saturated carbocycles. The van der Waals surface area contributed by atoms with Crippen LogP contribution in [0.4, 0.5) is 10.1 Å². The third-order valence-corrected chi connectivity index (χ3v) is 4.65. The van der Waals surface area contributed by atoms with Gasteiger partial charge in [-0.25, -0.2) is 4.39 Å². The molecule has 2 fully saturated rings. The molecular weight excluding hydrogens is 255 g/mol. The maximum absolute atomic E-state index is 13.6. The first-order chi connectivity index (χ1) is 9.69. The average Bonchev–Trinajstić information content (AvgIpc) is 2.47. The van der Waals surface area contributed by atoms with Crippen LogP contribution in [0.15, 0.2) is 18.2 Å². The van der Waals surface area contributed by atoms with Gasteiger partial charge < -0.3 is 9.64 Å². The Kier molecular flexibility index (Phi) is 3.83. The van der Waals surface area contributed by atoms with Crippen LogP contribution >= 0.6 is 0 Å². The minimum atomic E-state index is -0.291. The molecule has 3 rings (SSSR count). The first kappa shape index (κ1) is 13.7. The van der Waals surface area contributed by atoms with Gasteiger partial charge >= 0.3 is 0 Å². The van der Waals surface area contributed by atoms with E-state index in [-0.39, 0.29) is 5.82 Å². The Balaban J connectivity index is 1.82. The average molecular weight is 278 g/mol. The predicted molar refractivity (Wildman–Crippen MR) is 79.0 cm³/mol. The SMILES string of the molecule is COc1cc(N2CC3CCCCN3CC2C)ccc1F. The molecular formula is C16H23FN2O. The van der Waals surface area contributed by atoms with Crippen molar-refractivity contribution < 1.29 is 9.13 Å². The summed E-state index contributed by atoms with van der Waals surface area (Å²) in [5, 5.41) is 0. The van der Waals surface area contributed by atoms with E-state index < -0.39 is 0 Å². The number of hydrogen-bond acceptors (Lipinski definition) is 3. The highest BCUT2D eigenvalue weighted by Crippen LogP contribution is 2.31. The predicted octanol–water partition coefficient (Wildman–Crippen LogP) is 2.90. The van der Waals surface area contributed by atoms with E-state index in [4.69, 9.17) is 4.74 Å². The monoisotopic (exact) mass is 278 g/mol. The minimum absolute atomic E-state index is 0.291. The van der Waals surface area contributed by atoms with Gasteiger partial charge in [-0.05, 0) is 38.4 Å². The molecule has 0 bridgehead atoms. The molecule has 2 heterocycles. The van der Waals surface area contributed by atoms with Gasteiger partial charge in [0, 0.05) is 36.9 Å². The number of nitrogens with zero attached hydrogens (tertiary/aromatic N) is 2.